The Kier molecular flexibility index (Phi) is 2.97. The van der Waals surface area contributed by atoms with Crippen LogP contribution in [0.25, 0.3) is 11.1 Å². The molecule has 4 rings (SSSR count). The van der Waals surface area contributed by atoms with Gasteiger partial charge in [0.05, 0.1) is 0 Å². The number of aromatic nitrogens is 1. The third kappa shape index (κ3) is 2.17. The molecule has 3 nitrogen and oxygen atoms in total. The number of fused-ring (bicyclic) bond motifs is 3. The second-order valence-corrected chi connectivity index (χ2v) is 5.37. The molecule has 0 fully saturated rings. The molecule has 0 radical (unpaired) electrons. The van der Waals surface area contributed by atoms with Gasteiger partial charge in [-0.25, -0.2) is 0 Å². The van der Waals surface area contributed by atoms with E-state index < -0.39 is 0 Å². The van der Waals surface area contributed by atoms with Crippen LogP contribution in [0.4, 0.5) is 5.69 Å². The van der Waals surface area contributed by atoms with Crippen LogP contribution >= 0.6 is 0 Å². The lowest BCUT2D eigenvalue weighted by atomic mass is 10.1. The van der Waals surface area contributed by atoms with Gasteiger partial charge >= 0.3 is 0 Å². The summed E-state index contributed by atoms with van der Waals surface area (Å²) in [5.41, 5.74) is 6.32. The number of benzene rings is 2. The summed E-state index contributed by atoms with van der Waals surface area (Å²) in [6, 6.07) is 19.8. The van der Waals surface area contributed by atoms with E-state index in [0.717, 1.165) is 12.1 Å². The van der Waals surface area contributed by atoms with E-state index in [4.69, 9.17) is 0 Å². The number of carbonyl (C=O) groups excluding carboxylic acids is 1. The molecule has 1 heterocycles. The second-order valence-electron chi connectivity index (χ2n) is 5.37. The first-order valence-corrected chi connectivity index (χ1v) is 7.25. The smallest absolute Gasteiger partial charge is 0.274 e. The van der Waals surface area contributed by atoms with Crippen molar-refractivity contribution < 1.29 is 4.79 Å². The van der Waals surface area contributed by atoms with Gasteiger partial charge in [0.15, 0.2) is 0 Å². The lowest BCUT2D eigenvalue weighted by Crippen LogP contribution is -2.13. The molecule has 3 heteroatoms. The quantitative estimate of drug-likeness (QED) is 0.607. The first-order valence-electron chi connectivity index (χ1n) is 7.25. The topological polar surface area (TPSA) is 42.0 Å². The predicted molar refractivity (Wildman–Crippen MR) is 86.9 cm³/mol. The standard InChI is InChI=1S/C19H14N2O/c22-19(18-7-3-4-10-20-18)21-15-9-8-14-11-13-5-1-2-6-16(13)17(14)12-15/h1-10,12H,11H2,(H,21,22). The average molecular weight is 286 g/mol. The molecular weight excluding hydrogens is 272 g/mol. The minimum Gasteiger partial charge on any atom is -0.321 e. The van der Waals surface area contributed by atoms with Crippen molar-refractivity contribution in [2.24, 2.45) is 0 Å². The zero-order chi connectivity index (χ0) is 14.9. The maximum atomic E-state index is 12.2. The van der Waals surface area contributed by atoms with E-state index in [2.05, 4.69) is 34.6 Å². The minimum atomic E-state index is -0.188. The Labute approximate surface area is 128 Å². The molecule has 1 amide bonds. The monoisotopic (exact) mass is 286 g/mol. The molecule has 3 aromatic rings. The van der Waals surface area contributed by atoms with Gasteiger partial charge in [-0.1, -0.05) is 36.4 Å². The summed E-state index contributed by atoms with van der Waals surface area (Å²) < 4.78 is 0. The zero-order valence-electron chi connectivity index (χ0n) is 11.9. The molecule has 0 spiro atoms. The largest absolute Gasteiger partial charge is 0.321 e. The molecule has 1 aliphatic carbocycles. The maximum absolute atomic E-state index is 12.2. The van der Waals surface area contributed by atoms with Gasteiger partial charge in [0, 0.05) is 11.9 Å². The van der Waals surface area contributed by atoms with Crippen molar-refractivity contribution in [2.75, 3.05) is 5.32 Å². The Balaban J connectivity index is 1.65. The van der Waals surface area contributed by atoms with Crippen LogP contribution in [0.1, 0.15) is 21.6 Å². The Morgan fingerprint density at radius 1 is 0.909 bits per heavy atom. The minimum absolute atomic E-state index is 0.188. The van der Waals surface area contributed by atoms with Crippen LogP contribution in [0.3, 0.4) is 0 Å². The summed E-state index contributed by atoms with van der Waals surface area (Å²) in [4.78, 5) is 16.3. The van der Waals surface area contributed by atoms with Crippen molar-refractivity contribution in [1.29, 1.82) is 0 Å². The number of amides is 1. The molecular formula is C19H14N2O. The molecule has 0 saturated heterocycles. The fourth-order valence-corrected chi connectivity index (χ4v) is 2.89. The summed E-state index contributed by atoms with van der Waals surface area (Å²) in [5, 5.41) is 2.92. The lowest BCUT2D eigenvalue weighted by molar-refractivity contribution is 0.102. The Hall–Kier alpha value is -2.94. The number of hydrogen-bond donors (Lipinski definition) is 1. The number of pyridine rings is 1. The van der Waals surface area contributed by atoms with Crippen LogP contribution in [0.5, 0.6) is 0 Å². The van der Waals surface area contributed by atoms with E-state index in [1.165, 1.54) is 22.3 Å². The molecule has 1 aromatic heterocycles. The number of nitrogens with zero attached hydrogens (tertiary/aromatic N) is 1. The van der Waals surface area contributed by atoms with Crippen LogP contribution < -0.4 is 5.32 Å². The van der Waals surface area contributed by atoms with Crippen LogP contribution in [-0.4, -0.2) is 10.9 Å². The fraction of sp³-hybridized carbons (Fsp3) is 0.0526. The van der Waals surface area contributed by atoms with Crippen molar-refractivity contribution in [3.05, 3.63) is 83.7 Å². The third-order valence-corrected chi connectivity index (χ3v) is 3.95. The van der Waals surface area contributed by atoms with Gasteiger partial charge in [0.1, 0.15) is 5.69 Å². The Bertz CT molecular complexity index is 856. The number of hydrogen-bond acceptors (Lipinski definition) is 2. The summed E-state index contributed by atoms with van der Waals surface area (Å²) in [7, 11) is 0. The molecule has 0 atom stereocenters. The van der Waals surface area contributed by atoms with Gasteiger partial charge in [-0.3, -0.25) is 9.78 Å². The molecule has 22 heavy (non-hydrogen) atoms. The molecule has 2 aromatic carbocycles. The van der Waals surface area contributed by atoms with Crippen LogP contribution in [-0.2, 0) is 6.42 Å². The van der Waals surface area contributed by atoms with Gasteiger partial charge in [-0.2, -0.15) is 0 Å². The van der Waals surface area contributed by atoms with Gasteiger partial charge in [-0.05, 0) is 52.9 Å². The second kappa shape index (κ2) is 5.11. The number of rotatable bonds is 2. The molecule has 0 aliphatic heterocycles. The van der Waals surface area contributed by atoms with Crippen molar-refractivity contribution in [1.82, 2.24) is 4.98 Å². The van der Waals surface area contributed by atoms with E-state index in [-0.39, 0.29) is 5.91 Å². The Morgan fingerprint density at radius 2 is 1.73 bits per heavy atom. The lowest BCUT2D eigenvalue weighted by Gasteiger charge is -2.07. The Morgan fingerprint density at radius 3 is 2.59 bits per heavy atom. The predicted octanol–water partition coefficient (Wildman–Crippen LogP) is 3.91. The van der Waals surface area contributed by atoms with Crippen LogP contribution in [0.15, 0.2) is 66.9 Å². The van der Waals surface area contributed by atoms with Gasteiger partial charge in [0.2, 0.25) is 0 Å². The van der Waals surface area contributed by atoms with E-state index >= 15 is 0 Å². The SMILES string of the molecule is O=C(Nc1ccc2c(c1)-c1ccccc1C2)c1ccccn1. The van der Waals surface area contributed by atoms with Crippen molar-refractivity contribution in [3.63, 3.8) is 0 Å². The van der Waals surface area contributed by atoms with E-state index in [0.29, 0.717) is 5.69 Å². The number of carbonyl (C=O) groups is 1. The molecule has 1 N–H and O–H groups in total. The molecule has 0 bridgehead atoms. The molecule has 0 unspecified atom stereocenters. The van der Waals surface area contributed by atoms with Gasteiger partial charge < -0.3 is 5.32 Å². The van der Waals surface area contributed by atoms with Crippen LogP contribution in [0, 0.1) is 0 Å². The first kappa shape index (κ1) is 12.8. The van der Waals surface area contributed by atoms with Gasteiger partial charge in [-0.15, -0.1) is 0 Å². The molecule has 106 valence electrons. The summed E-state index contributed by atoms with van der Waals surface area (Å²) in [6.45, 7) is 0. The zero-order valence-corrected chi connectivity index (χ0v) is 11.9. The number of nitrogens with one attached hydrogen (secondary N) is 1. The van der Waals surface area contributed by atoms with Crippen molar-refractivity contribution in [3.8, 4) is 11.1 Å². The van der Waals surface area contributed by atoms with E-state index in [1.54, 1.807) is 24.4 Å². The average Bonchev–Trinajstić information content (AvgIpc) is 2.94. The van der Waals surface area contributed by atoms with Crippen molar-refractivity contribution in [2.45, 2.75) is 6.42 Å². The highest BCUT2D eigenvalue weighted by Crippen LogP contribution is 2.37. The first-order chi connectivity index (χ1) is 10.8. The highest BCUT2D eigenvalue weighted by Gasteiger charge is 2.18. The summed E-state index contributed by atoms with van der Waals surface area (Å²) >= 11 is 0. The van der Waals surface area contributed by atoms with E-state index in [9.17, 15) is 4.79 Å². The van der Waals surface area contributed by atoms with Gasteiger partial charge in [0.25, 0.3) is 5.91 Å². The maximum Gasteiger partial charge on any atom is 0.274 e. The van der Waals surface area contributed by atoms with Crippen LogP contribution in [0.2, 0.25) is 0 Å². The summed E-state index contributed by atoms with van der Waals surface area (Å²) in [5.74, 6) is -0.188. The highest BCUT2D eigenvalue weighted by molar-refractivity contribution is 6.03. The van der Waals surface area contributed by atoms with Crippen molar-refractivity contribution >= 4 is 11.6 Å². The highest BCUT2D eigenvalue weighted by atomic mass is 16.1. The summed E-state index contributed by atoms with van der Waals surface area (Å²) in [6.07, 6.45) is 2.58. The normalized spacial score (nSPS) is 11.6. The third-order valence-electron chi connectivity index (χ3n) is 3.95. The fourth-order valence-electron chi connectivity index (χ4n) is 2.89. The molecule has 0 saturated carbocycles. The molecule has 1 aliphatic rings. The number of anilines is 1. The van der Waals surface area contributed by atoms with E-state index in [1.807, 2.05) is 18.2 Å².